The second-order valence-corrected chi connectivity index (χ2v) is 6.85. The van der Waals surface area contributed by atoms with Crippen LogP contribution in [0.2, 0.25) is 5.02 Å². The molecule has 2 unspecified atom stereocenters. The maximum absolute atomic E-state index is 12.8. The predicted molar refractivity (Wildman–Crippen MR) is 100.0 cm³/mol. The number of amides is 1. The topological polar surface area (TPSA) is 50.4 Å². The monoisotopic (exact) mass is 358 g/mol. The lowest BCUT2D eigenvalue weighted by Crippen LogP contribution is -2.50. The van der Waals surface area contributed by atoms with E-state index < -0.39 is 0 Å². The highest BCUT2D eigenvalue weighted by Crippen LogP contribution is 2.31. The van der Waals surface area contributed by atoms with Gasteiger partial charge in [-0.05, 0) is 48.3 Å². The van der Waals surface area contributed by atoms with Crippen molar-refractivity contribution in [3.8, 4) is 5.75 Å². The zero-order valence-corrected chi connectivity index (χ0v) is 15.2. The molecule has 1 aliphatic heterocycles. The number of methoxy groups -OCH3 is 1. The highest BCUT2D eigenvalue weighted by Gasteiger charge is 2.30. The third-order valence-corrected chi connectivity index (χ3v) is 5.21. The lowest BCUT2D eigenvalue weighted by atomic mass is 9.87. The molecule has 2 N–H and O–H groups in total. The Labute approximate surface area is 153 Å². The Bertz CT molecular complexity index is 746. The maximum atomic E-state index is 12.8. The van der Waals surface area contributed by atoms with Gasteiger partial charge in [0, 0.05) is 10.9 Å². The molecule has 1 amide bonds. The van der Waals surface area contributed by atoms with Crippen molar-refractivity contribution in [1.82, 2.24) is 10.6 Å². The van der Waals surface area contributed by atoms with Crippen LogP contribution in [0.15, 0.2) is 48.5 Å². The van der Waals surface area contributed by atoms with E-state index in [4.69, 9.17) is 16.3 Å². The van der Waals surface area contributed by atoms with E-state index in [0.29, 0.717) is 10.9 Å². The smallest absolute Gasteiger partial charge is 0.223 e. The molecule has 25 heavy (non-hydrogen) atoms. The van der Waals surface area contributed by atoms with E-state index in [0.717, 1.165) is 30.0 Å². The van der Waals surface area contributed by atoms with Crippen LogP contribution in [0.3, 0.4) is 0 Å². The summed E-state index contributed by atoms with van der Waals surface area (Å²) < 4.78 is 5.33. The van der Waals surface area contributed by atoms with E-state index in [2.05, 4.69) is 10.6 Å². The number of carbonyl (C=O) groups excluding carboxylic acids is 1. The van der Waals surface area contributed by atoms with Gasteiger partial charge in [-0.15, -0.1) is 0 Å². The Morgan fingerprint density at radius 2 is 2.00 bits per heavy atom. The zero-order chi connectivity index (χ0) is 17.8. The molecule has 0 bridgehead atoms. The number of benzene rings is 2. The molecule has 0 aromatic heterocycles. The van der Waals surface area contributed by atoms with Crippen molar-refractivity contribution in [2.75, 3.05) is 20.2 Å². The molecule has 2 aromatic rings. The highest BCUT2D eigenvalue weighted by molar-refractivity contribution is 6.31. The lowest BCUT2D eigenvalue weighted by Gasteiger charge is -2.33. The van der Waals surface area contributed by atoms with Gasteiger partial charge >= 0.3 is 0 Å². The van der Waals surface area contributed by atoms with Crippen LogP contribution in [0.1, 0.15) is 24.1 Å². The van der Waals surface area contributed by atoms with Gasteiger partial charge in [-0.25, -0.2) is 0 Å². The summed E-state index contributed by atoms with van der Waals surface area (Å²) in [6.45, 7) is 3.77. The molecule has 1 aliphatic rings. The number of rotatable bonds is 6. The van der Waals surface area contributed by atoms with Crippen LogP contribution in [0.5, 0.6) is 5.75 Å². The Morgan fingerprint density at radius 1 is 1.24 bits per heavy atom. The second kappa shape index (κ2) is 7.89. The highest BCUT2D eigenvalue weighted by atomic mass is 35.5. The van der Waals surface area contributed by atoms with Crippen molar-refractivity contribution >= 4 is 17.5 Å². The normalized spacial score (nSPS) is 16.6. The van der Waals surface area contributed by atoms with Gasteiger partial charge in [0.15, 0.2) is 0 Å². The van der Waals surface area contributed by atoms with Gasteiger partial charge in [-0.2, -0.15) is 0 Å². The first-order chi connectivity index (χ1) is 12.1. The van der Waals surface area contributed by atoms with Crippen molar-refractivity contribution in [1.29, 1.82) is 0 Å². The van der Waals surface area contributed by atoms with E-state index in [9.17, 15) is 4.79 Å². The first-order valence-electron chi connectivity index (χ1n) is 8.49. The van der Waals surface area contributed by atoms with Gasteiger partial charge in [-0.1, -0.05) is 48.9 Å². The quantitative estimate of drug-likeness (QED) is 0.832. The molecule has 2 atom stereocenters. The van der Waals surface area contributed by atoms with Crippen LogP contribution in [-0.4, -0.2) is 26.1 Å². The summed E-state index contributed by atoms with van der Waals surface area (Å²) in [4.78, 5) is 12.8. The molecule has 1 fully saturated rings. The molecular formula is C20H23ClN2O2. The van der Waals surface area contributed by atoms with Crippen molar-refractivity contribution in [2.24, 2.45) is 11.8 Å². The first-order valence-corrected chi connectivity index (χ1v) is 8.87. The Kier molecular flexibility index (Phi) is 5.61. The van der Waals surface area contributed by atoms with Crippen LogP contribution in [0.25, 0.3) is 0 Å². The maximum Gasteiger partial charge on any atom is 0.223 e. The zero-order valence-electron chi connectivity index (χ0n) is 14.5. The second-order valence-electron chi connectivity index (χ2n) is 6.45. The van der Waals surface area contributed by atoms with E-state index in [1.165, 1.54) is 0 Å². The van der Waals surface area contributed by atoms with Crippen LogP contribution >= 0.6 is 11.6 Å². The van der Waals surface area contributed by atoms with Crippen molar-refractivity contribution in [3.63, 3.8) is 0 Å². The molecule has 2 aromatic carbocycles. The summed E-state index contributed by atoms with van der Waals surface area (Å²) in [7, 11) is 1.63. The average molecular weight is 359 g/mol. The largest absolute Gasteiger partial charge is 0.497 e. The minimum atomic E-state index is -0.313. The fourth-order valence-electron chi connectivity index (χ4n) is 3.02. The van der Waals surface area contributed by atoms with Gasteiger partial charge in [0.25, 0.3) is 0 Å². The minimum absolute atomic E-state index is 0.0410. The molecule has 132 valence electrons. The molecule has 1 saturated heterocycles. The van der Waals surface area contributed by atoms with E-state index in [1.54, 1.807) is 7.11 Å². The van der Waals surface area contributed by atoms with Gasteiger partial charge in [-0.3, -0.25) is 4.79 Å². The number of ether oxygens (including phenoxy) is 1. The third kappa shape index (κ3) is 3.97. The van der Waals surface area contributed by atoms with Crippen LogP contribution in [-0.2, 0) is 4.79 Å². The molecule has 0 saturated carbocycles. The minimum Gasteiger partial charge on any atom is -0.497 e. The predicted octanol–water partition coefficient (Wildman–Crippen LogP) is 3.41. The Balaban J connectivity index is 1.91. The Hall–Kier alpha value is -2.04. The molecule has 0 spiro atoms. The fraction of sp³-hybridized carbons (Fsp3) is 0.350. The first kappa shape index (κ1) is 17.8. The summed E-state index contributed by atoms with van der Waals surface area (Å²) in [5, 5.41) is 7.04. The van der Waals surface area contributed by atoms with Gasteiger partial charge in [0.05, 0.1) is 13.2 Å². The Morgan fingerprint density at radius 3 is 2.64 bits per heavy atom. The summed E-state index contributed by atoms with van der Waals surface area (Å²) in [6, 6.07) is 15.0. The SMILES string of the molecule is COc1cccc(C(NC(=O)C(C)C2CNC2)c2ccccc2Cl)c1. The van der Waals surface area contributed by atoms with E-state index in [1.807, 2.05) is 55.5 Å². The molecule has 4 nitrogen and oxygen atoms in total. The van der Waals surface area contributed by atoms with Gasteiger partial charge in [0.1, 0.15) is 5.75 Å². The molecular weight excluding hydrogens is 336 g/mol. The van der Waals surface area contributed by atoms with Crippen LogP contribution in [0.4, 0.5) is 0 Å². The average Bonchev–Trinajstić information content (AvgIpc) is 2.58. The van der Waals surface area contributed by atoms with Crippen LogP contribution < -0.4 is 15.4 Å². The molecule has 0 radical (unpaired) electrons. The number of nitrogens with one attached hydrogen (secondary N) is 2. The van der Waals surface area contributed by atoms with Crippen molar-refractivity contribution < 1.29 is 9.53 Å². The summed E-state index contributed by atoms with van der Waals surface area (Å²) in [5.41, 5.74) is 1.82. The summed E-state index contributed by atoms with van der Waals surface area (Å²) >= 11 is 6.41. The molecule has 5 heteroatoms. The van der Waals surface area contributed by atoms with Crippen molar-refractivity contribution in [2.45, 2.75) is 13.0 Å². The molecule has 0 aliphatic carbocycles. The summed E-state index contributed by atoms with van der Waals surface area (Å²) in [5.74, 6) is 1.13. The number of hydrogen-bond acceptors (Lipinski definition) is 3. The van der Waals surface area contributed by atoms with Crippen LogP contribution in [0, 0.1) is 11.8 Å². The van der Waals surface area contributed by atoms with Gasteiger partial charge in [0.2, 0.25) is 5.91 Å². The molecule has 3 rings (SSSR count). The van der Waals surface area contributed by atoms with E-state index in [-0.39, 0.29) is 17.9 Å². The number of halogens is 1. The number of carbonyl (C=O) groups is 1. The standard InChI is InChI=1S/C20H23ClN2O2/c1-13(15-11-22-12-15)20(24)23-19(17-8-3-4-9-18(17)21)14-6-5-7-16(10-14)25-2/h3-10,13,15,19,22H,11-12H2,1-2H3,(H,23,24). The fourth-order valence-corrected chi connectivity index (χ4v) is 3.27. The van der Waals surface area contributed by atoms with Gasteiger partial charge < -0.3 is 15.4 Å². The molecule has 1 heterocycles. The number of hydrogen-bond donors (Lipinski definition) is 2. The van der Waals surface area contributed by atoms with E-state index >= 15 is 0 Å². The van der Waals surface area contributed by atoms with Crippen molar-refractivity contribution in [3.05, 3.63) is 64.7 Å². The third-order valence-electron chi connectivity index (χ3n) is 4.86. The lowest BCUT2D eigenvalue weighted by molar-refractivity contribution is -0.127. The summed E-state index contributed by atoms with van der Waals surface area (Å²) in [6.07, 6.45) is 0.